The Kier molecular flexibility index (Phi) is 4.72. The largest absolute Gasteiger partial charge is 0.0654 e. The summed E-state index contributed by atoms with van der Waals surface area (Å²) in [6, 6.07) is 0. The van der Waals surface area contributed by atoms with Gasteiger partial charge < -0.3 is 0 Å². The molecule has 2 atom stereocenters. The first-order valence-electron chi connectivity index (χ1n) is 5.67. The minimum absolute atomic E-state index is 1.02. The molecule has 1 aliphatic carbocycles. The van der Waals surface area contributed by atoms with Crippen LogP contribution in [0.25, 0.3) is 0 Å². The van der Waals surface area contributed by atoms with Gasteiger partial charge in [-0.1, -0.05) is 65.2 Å². The molecule has 1 fully saturated rings. The van der Waals surface area contributed by atoms with Crippen LogP contribution in [0.5, 0.6) is 0 Å². The average molecular weight is 167 g/mol. The van der Waals surface area contributed by atoms with E-state index in [9.17, 15) is 0 Å². The fourth-order valence-electron chi connectivity index (χ4n) is 2.68. The van der Waals surface area contributed by atoms with Crippen molar-refractivity contribution in [1.82, 2.24) is 0 Å². The zero-order valence-corrected chi connectivity index (χ0v) is 8.52. The summed E-state index contributed by atoms with van der Waals surface area (Å²) in [5.74, 6) is 2.07. The molecule has 0 bridgehead atoms. The molecule has 0 aliphatic heterocycles. The highest BCUT2D eigenvalue weighted by atomic mass is 14.3. The topological polar surface area (TPSA) is 0 Å². The molecular weight excluding hydrogens is 144 g/mol. The Hall–Kier alpha value is 0. The summed E-state index contributed by atoms with van der Waals surface area (Å²) < 4.78 is 0. The molecule has 0 spiro atoms. The molecule has 1 radical (unpaired) electrons. The number of hydrogen-bond donors (Lipinski definition) is 0. The fraction of sp³-hybridized carbons (Fsp3) is 0.917. The molecule has 71 valence electrons. The van der Waals surface area contributed by atoms with Gasteiger partial charge in [0.2, 0.25) is 0 Å². The van der Waals surface area contributed by atoms with Crippen molar-refractivity contribution in [2.24, 2.45) is 11.8 Å². The lowest BCUT2D eigenvalue weighted by molar-refractivity contribution is 0.211. The van der Waals surface area contributed by atoms with Gasteiger partial charge in [-0.2, -0.15) is 0 Å². The molecule has 12 heavy (non-hydrogen) atoms. The molecule has 0 saturated heterocycles. The number of hydrogen-bond acceptors (Lipinski definition) is 0. The second kappa shape index (κ2) is 5.61. The molecule has 0 aromatic rings. The number of rotatable bonds is 4. The molecule has 1 saturated carbocycles. The molecule has 0 N–H and O–H groups in total. The van der Waals surface area contributed by atoms with E-state index in [1.165, 1.54) is 44.9 Å². The van der Waals surface area contributed by atoms with Gasteiger partial charge in [0.1, 0.15) is 0 Å². The third-order valence-corrected chi connectivity index (χ3v) is 3.30. The zero-order valence-electron chi connectivity index (χ0n) is 8.52. The van der Waals surface area contributed by atoms with Gasteiger partial charge >= 0.3 is 0 Å². The van der Waals surface area contributed by atoms with Crippen LogP contribution in [0.1, 0.15) is 58.3 Å². The predicted octanol–water partition coefficient (Wildman–Crippen LogP) is 4.21. The van der Waals surface area contributed by atoms with Crippen LogP contribution in [-0.2, 0) is 0 Å². The van der Waals surface area contributed by atoms with E-state index < -0.39 is 0 Å². The molecule has 0 heterocycles. The zero-order chi connectivity index (χ0) is 8.81. The van der Waals surface area contributed by atoms with Crippen LogP contribution in [0.4, 0.5) is 0 Å². The van der Waals surface area contributed by atoms with Crippen LogP contribution in [0.2, 0.25) is 0 Å². The molecule has 0 amide bonds. The Morgan fingerprint density at radius 2 is 1.67 bits per heavy atom. The van der Waals surface area contributed by atoms with Gasteiger partial charge in [-0.25, -0.2) is 0 Å². The van der Waals surface area contributed by atoms with Crippen LogP contribution in [0.15, 0.2) is 0 Å². The van der Waals surface area contributed by atoms with Gasteiger partial charge in [-0.3, -0.25) is 0 Å². The van der Waals surface area contributed by atoms with Crippen LogP contribution >= 0.6 is 0 Å². The lowest BCUT2D eigenvalue weighted by Crippen LogP contribution is -2.19. The Morgan fingerprint density at radius 1 is 1.08 bits per heavy atom. The molecule has 0 aromatic carbocycles. The molecule has 2 unspecified atom stereocenters. The van der Waals surface area contributed by atoms with Gasteiger partial charge in [0, 0.05) is 0 Å². The van der Waals surface area contributed by atoms with E-state index in [1.807, 2.05) is 0 Å². The standard InChI is InChI=1S/C12H23/c1-3-7-11-9-5-6-10-12(11)8-4-2/h11-12H,1,3-10H2,2H3. The van der Waals surface area contributed by atoms with Crippen LogP contribution in [0, 0.1) is 18.8 Å². The highest BCUT2D eigenvalue weighted by molar-refractivity contribution is 4.75. The van der Waals surface area contributed by atoms with Crippen LogP contribution in [-0.4, -0.2) is 0 Å². The Balaban J connectivity index is 2.31. The summed E-state index contributed by atoms with van der Waals surface area (Å²) in [6.07, 6.45) is 11.3. The first-order valence-corrected chi connectivity index (χ1v) is 5.67. The van der Waals surface area contributed by atoms with Crippen molar-refractivity contribution in [3.8, 4) is 0 Å². The van der Waals surface area contributed by atoms with Gasteiger partial charge in [-0.05, 0) is 11.8 Å². The Bertz CT molecular complexity index is 88.6. The van der Waals surface area contributed by atoms with Gasteiger partial charge in [0.25, 0.3) is 0 Å². The van der Waals surface area contributed by atoms with Crippen molar-refractivity contribution in [2.45, 2.75) is 58.3 Å². The van der Waals surface area contributed by atoms with Crippen molar-refractivity contribution >= 4 is 0 Å². The van der Waals surface area contributed by atoms with Gasteiger partial charge in [-0.15, -0.1) is 0 Å². The molecule has 1 rings (SSSR count). The van der Waals surface area contributed by atoms with E-state index in [4.69, 9.17) is 0 Å². The van der Waals surface area contributed by atoms with Gasteiger partial charge in [0.05, 0.1) is 0 Å². The summed E-state index contributed by atoms with van der Waals surface area (Å²) in [5, 5.41) is 0. The smallest absolute Gasteiger partial charge is 0.0386 e. The monoisotopic (exact) mass is 167 g/mol. The first-order chi connectivity index (χ1) is 5.88. The summed E-state index contributed by atoms with van der Waals surface area (Å²) in [5.41, 5.74) is 0. The highest BCUT2D eigenvalue weighted by Crippen LogP contribution is 2.35. The van der Waals surface area contributed by atoms with E-state index in [1.54, 1.807) is 0 Å². The molecule has 1 aliphatic rings. The minimum atomic E-state index is 1.02. The van der Waals surface area contributed by atoms with E-state index in [-0.39, 0.29) is 0 Å². The second-order valence-corrected chi connectivity index (χ2v) is 4.24. The first kappa shape index (κ1) is 10.1. The third kappa shape index (κ3) is 2.80. The maximum absolute atomic E-state index is 3.97. The van der Waals surface area contributed by atoms with Crippen LogP contribution < -0.4 is 0 Å². The summed E-state index contributed by atoms with van der Waals surface area (Å²) in [6.45, 7) is 6.29. The van der Waals surface area contributed by atoms with Crippen molar-refractivity contribution in [2.75, 3.05) is 0 Å². The van der Waals surface area contributed by atoms with Crippen molar-refractivity contribution < 1.29 is 0 Å². The van der Waals surface area contributed by atoms with Gasteiger partial charge in [0.15, 0.2) is 0 Å². The minimum Gasteiger partial charge on any atom is -0.0654 e. The molecule has 0 nitrogen and oxygen atoms in total. The van der Waals surface area contributed by atoms with Crippen LogP contribution in [0.3, 0.4) is 0 Å². The lowest BCUT2D eigenvalue weighted by Gasteiger charge is -2.31. The van der Waals surface area contributed by atoms with Crippen molar-refractivity contribution in [3.63, 3.8) is 0 Å². The fourth-order valence-corrected chi connectivity index (χ4v) is 2.68. The second-order valence-electron chi connectivity index (χ2n) is 4.24. The van der Waals surface area contributed by atoms with E-state index in [0.717, 1.165) is 18.3 Å². The van der Waals surface area contributed by atoms with Crippen molar-refractivity contribution in [3.05, 3.63) is 6.92 Å². The maximum atomic E-state index is 3.97. The summed E-state index contributed by atoms with van der Waals surface area (Å²) in [4.78, 5) is 0. The normalized spacial score (nSPS) is 30.5. The lowest BCUT2D eigenvalue weighted by atomic mass is 9.75. The molecule has 0 heteroatoms. The summed E-state index contributed by atoms with van der Waals surface area (Å²) in [7, 11) is 0. The van der Waals surface area contributed by atoms with E-state index >= 15 is 0 Å². The Labute approximate surface area is 77.7 Å². The molecule has 0 aromatic heterocycles. The SMILES string of the molecule is [CH2]CCC1CCCCC1CCC. The van der Waals surface area contributed by atoms with E-state index in [0.29, 0.717) is 0 Å². The molecular formula is C12H23. The summed E-state index contributed by atoms with van der Waals surface area (Å²) >= 11 is 0. The average Bonchev–Trinajstić information content (AvgIpc) is 2.09. The third-order valence-electron chi connectivity index (χ3n) is 3.30. The van der Waals surface area contributed by atoms with Crippen molar-refractivity contribution in [1.29, 1.82) is 0 Å². The Morgan fingerprint density at radius 3 is 2.17 bits per heavy atom. The predicted molar refractivity (Wildman–Crippen MR) is 54.9 cm³/mol. The quantitative estimate of drug-likeness (QED) is 0.588. The maximum Gasteiger partial charge on any atom is -0.0386 e. The highest BCUT2D eigenvalue weighted by Gasteiger charge is 2.22. The van der Waals surface area contributed by atoms with E-state index in [2.05, 4.69) is 13.8 Å².